The third kappa shape index (κ3) is 5.06. The van der Waals surface area contributed by atoms with Crippen LogP contribution >= 0.6 is 11.8 Å². The van der Waals surface area contributed by atoms with Gasteiger partial charge in [0.15, 0.2) is 0 Å². The number of rotatable bonds is 5. The number of nitrogens with one attached hydrogen (secondary N) is 2. The van der Waals surface area contributed by atoms with Crippen molar-refractivity contribution in [2.24, 2.45) is 0 Å². The Balaban J connectivity index is 1.45. The fourth-order valence-corrected chi connectivity index (χ4v) is 3.23. The molecule has 1 fully saturated rings. The van der Waals surface area contributed by atoms with Crippen LogP contribution in [0.4, 0.5) is 4.79 Å². The zero-order valence-corrected chi connectivity index (χ0v) is 14.8. The van der Waals surface area contributed by atoms with Crippen molar-refractivity contribution >= 4 is 23.7 Å². The normalized spacial score (nSPS) is 14.4. The summed E-state index contributed by atoms with van der Waals surface area (Å²) in [5.41, 5.74) is 1.97. The average Bonchev–Trinajstić information content (AvgIpc) is 3.25. The minimum absolute atomic E-state index is 0.0353. The summed E-state index contributed by atoms with van der Waals surface area (Å²) in [6.45, 7) is 2.00. The van der Waals surface area contributed by atoms with Crippen LogP contribution in [-0.2, 0) is 4.79 Å². The highest BCUT2D eigenvalue weighted by molar-refractivity contribution is 7.99. The molecule has 1 aliphatic carbocycles. The monoisotopic (exact) mass is 360 g/mol. The van der Waals surface area contributed by atoms with Crippen molar-refractivity contribution in [3.8, 4) is 11.5 Å². The van der Waals surface area contributed by atoms with Crippen molar-refractivity contribution in [1.82, 2.24) is 20.8 Å². The Bertz CT molecular complexity index is 739. The predicted molar refractivity (Wildman–Crippen MR) is 94.1 cm³/mol. The SMILES string of the molecule is Cc1ccc(-c2nnc(SCC(=O)NC(=O)NC3CCCC3)o2)cc1. The zero-order chi connectivity index (χ0) is 17.6. The molecule has 3 amide bonds. The van der Waals surface area contributed by atoms with Crippen LogP contribution in [0.3, 0.4) is 0 Å². The quantitative estimate of drug-likeness (QED) is 0.796. The Labute approximate surface area is 150 Å². The first-order valence-electron chi connectivity index (χ1n) is 8.24. The van der Waals surface area contributed by atoms with Crippen LogP contribution in [0, 0.1) is 6.92 Å². The van der Waals surface area contributed by atoms with E-state index in [1.807, 2.05) is 31.2 Å². The van der Waals surface area contributed by atoms with Crippen LogP contribution < -0.4 is 10.6 Å². The minimum Gasteiger partial charge on any atom is -0.411 e. The molecule has 1 aromatic heterocycles. The van der Waals surface area contributed by atoms with Gasteiger partial charge in [-0.25, -0.2) is 4.79 Å². The summed E-state index contributed by atoms with van der Waals surface area (Å²) in [6, 6.07) is 7.46. The third-order valence-electron chi connectivity index (χ3n) is 3.98. The van der Waals surface area contributed by atoms with Gasteiger partial charge in [-0.15, -0.1) is 10.2 Å². The molecule has 3 rings (SSSR count). The second-order valence-corrected chi connectivity index (χ2v) is 6.96. The summed E-state index contributed by atoms with van der Waals surface area (Å²) in [5, 5.41) is 13.3. The molecule has 2 N–H and O–H groups in total. The lowest BCUT2D eigenvalue weighted by Crippen LogP contribution is -2.44. The topological polar surface area (TPSA) is 97.1 Å². The number of benzene rings is 1. The van der Waals surface area contributed by atoms with Crippen LogP contribution in [0.25, 0.3) is 11.5 Å². The van der Waals surface area contributed by atoms with Gasteiger partial charge in [-0.05, 0) is 31.9 Å². The molecule has 1 heterocycles. The third-order valence-corrected chi connectivity index (χ3v) is 4.79. The van der Waals surface area contributed by atoms with Crippen LogP contribution in [0.1, 0.15) is 31.2 Å². The van der Waals surface area contributed by atoms with Gasteiger partial charge in [0.2, 0.25) is 11.8 Å². The minimum atomic E-state index is -0.441. The molecule has 0 bridgehead atoms. The summed E-state index contributed by atoms with van der Waals surface area (Å²) >= 11 is 1.10. The molecule has 132 valence electrons. The number of hydrogen-bond acceptors (Lipinski definition) is 6. The number of urea groups is 1. The van der Waals surface area contributed by atoms with E-state index < -0.39 is 11.9 Å². The molecular formula is C17H20N4O3S. The van der Waals surface area contributed by atoms with Gasteiger partial charge in [-0.1, -0.05) is 42.3 Å². The number of carbonyl (C=O) groups is 2. The second kappa shape index (κ2) is 8.15. The summed E-state index contributed by atoms with van der Waals surface area (Å²) in [4.78, 5) is 23.6. The van der Waals surface area contributed by atoms with Gasteiger partial charge < -0.3 is 9.73 Å². The molecule has 0 aliphatic heterocycles. The smallest absolute Gasteiger partial charge is 0.321 e. The average molecular weight is 360 g/mol. The molecule has 0 atom stereocenters. The van der Waals surface area contributed by atoms with E-state index in [4.69, 9.17) is 4.42 Å². The van der Waals surface area contributed by atoms with E-state index in [2.05, 4.69) is 20.8 Å². The van der Waals surface area contributed by atoms with E-state index in [0.717, 1.165) is 48.6 Å². The first-order chi connectivity index (χ1) is 12.1. The summed E-state index contributed by atoms with van der Waals surface area (Å²) < 4.78 is 5.53. The lowest BCUT2D eigenvalue weighted by atomic mass is 10.1. The lowest BCUT2D eigenvalue weighted by Gasteiger charge is -2.11. The molecule has 0 saturated heterocycles. The largest absolute Gasteiger partial charge is 0.411 e. The predicted octanol–water partition coefficient (Wildman–Crippen LogP) is 2.91. The Morgan fingerprint density at radius 2 is 1.92 bits per heavy atom. The van der Waals surface area contributed by atoms with Crippen LogP contribution in [0.15, 0.2) is 33.9 Å². The summed E-state index contributed by atoms with van der Waals surface area (Å²) in [7, 11) is 0. The number of nitrogens with zero attached hydrogens (tertiary/aromatic N) is 2. The maximum absolute atomic E-state index is 11.8. The zero-order valence-electron chi connectivity index (χ0n) is 13.9. The number of imide groups is 1. The number of aromatic nitrogens is 2. The molecule has 0 spiro atoms. The fraction of sp³-hybridized carbons (Fsp3) is 0.412. The number of carbonyl (C=O) groups excluding carboxylic acids is 2. The van der Waals surface area contributed by atoms with Crippen molar-refractivity contribution in [1.29, 1.82) is 0 Å². The number of hydrogen-bond donors (Lipinski definition) is 2. The van der Waals surface area contributed by atoms with Crippen molar-refractivity contribution in [2.45, 2.75) is 43.9 Å². The van der Waals surface area contributed by atoms with Gasteiger partial charge >= 0.3 is 6.03 Å². The maximum Gasteiger partial charge on any atom is 0.321 e. The van der Waals surface area contributed by atoms with Gasteiger partial charge in [0.05, 0.1) is 5.75 Å². The van der Waals surface area contributed by atoms with E-state index in [-0.39, 0.29) is 11.8 Å². The van der Waals surface area contributed by atoms with E-state index in [1.165, 1.54) is 0 Å². The molecule has 1 saturated carbocycles. The van der Waals surface area contributed by atoms with E-state index >= 15 is 0 Å². The van der Waals surface area contributed by atoms with Gasteiger partial charge in [-0.3, -0.25) is 10.1 Å². The molecule has 0 unspecified atom stereocenters. The molecular weight excluding hydrogens is 340 g/mol. The number of aryl methyl sites for hydroxylation is 1. The van der Waals surface area contributed by atoms with Gasteiger partial charge in [0.1, 0.15) is 0 Å². The molecule has 0 radical (unpaired) electrons. The van der Waals surface area contributed by atoms with Crippen molar-refractivity contribution < 1.29 is 14.0 Å². The van der Waals surface area contributed by atoms with E-state index in [9.17, 15) is 9.59 Å². The molecule has 7 nitrogen and oxygen atoms in total. The van der Waals surface area contributed by atoms with Gasteiger partial charge in [0.25, 0.3) is 5.22 Å². The standard InChI is InChI=1S/C17H20N4O3S/c1-11-6-8-12(9-7-11)15-20-21-17(24-15)25-10-14(22)19-16(23)18-13-4-2-3-5-13/h6-9,13H,2-5,10H2,1H3,(H2,18,19,22,23). The first kappa shape index (κ1) is 17.5. The van der Waals surface area contributed by atoms with Gasteiger partial charge in [-0.2, -0.15) is 0 Å². The number of thioether (sulfide) groups is 1. The summed E-state index contributed by atoms with van der Waals surface area (Å²) in [5.74, 6) is 0.0469. The Hall–Kier alpha value is -2.35. The highest BCUT2D eigenvalue weighted by atomic mass is 32.2. The van der Waals surface area contributed by atoms with Crippen LogP contribution in [-0.4, -0.2) is 33.9 Å². The Kier molecular flexibility index (Phi) is 5.70. The van der Waals surface area contributed by atoms with E-state index in [1.54, 1.807) is 0 Å². The van der Waals surface area contributed by atoms with Crippen LogP contribution in [0.2, 0.25) is 0 Å². The van der Waals surface area contributed by atoms with Crippen molar-refractivity contribution in [2.75, 3.05) is 5.75 Å². The van der Waals surface area contributed by atoms with Gasteiger partial charge in [0, 0.05) is 11.6 Å². The first-order valence-corrected chi connectivity index (χ1v) is 9.22. The molecule has 2 aromatic rings. The molecule has 1 aromatic carbocycles. The highest BCUT2D eigenvalue weighted by Crippen LogP contribution is 2.23. The lowest BCUT2D eigenvalue weighted by molar-refractivity contribution is -0.117. The molecule has 8 heteroatoms. The maximum atomic E-state index is 11.8. The molecule has 1 aliphatic rings. The van der Waals surface area contributed by atoms with Crippen molar-refractivity contribution in [3.05, 3.63) is 29.8 Å². The second-order valence-electron chi connectivity index (χ2n) is 6.03. The van der Waals surface area contributed by atoms with E-state index in [0.29, 0.717) is 11.1 Å². The fourth-order valence-electron chi connectivity index (χ4n) is 2.66. The molecule has 25 heavy (non-hydrogen) atoms. The van der Waals surface area contributed by atoms with Crippen LogP contribution in [0.5, 0.6) is 0 Å². The summed E-state index contributed by atoms with van der Waals surface area (Å²) in [6.07, 6.45) is 4.19. The Morgan fingerprint density at radius 1 is 1.20 bits per heavy atom. The van der Waals surface area contributed by atoms with Crippen molar-refractivity contribution in [3.63, 3.8) is 0 Å². The Morgan fingerprint density at radius 3 is 2.64 bits per heavy atom. The number of amides is 3. The highest BCUT2D eigenvalue weighted by Gasteiger charge is 2.18.